The number of nitro groups is 1. The van der Waals surface area contributed by atoms with Gasteiger partial charge >= 0.3 is 0 Å². The lowest BCUT2D eigenvalue weighted by molar-refractivity contribution is -0.383. The number of anilines is 1. The van der Waals surface area contributed by atoms with E-state index in [4.69, 9.17) is 0 Å². The summed E-state index contributed by atoms with van der Waals surface area (Å²) in [6.07, 6.45) is 3.57. The van der Waals surface area contributed by atoms with E-state index in [1.54, 1.807) is 18.2 Å². The topological polar surface area (TPSA) is 97.2 Å². The average Bonchev–Trinajstić information content (AvgIpc) is 3.28. The maximum atomic E-state index is 11.7. The number of fused-ring (bicyclic) bond motifs is 1. The van der Waals surface area contributed by atoms with E-state index >= 15 is 0 Å². The molecule has 1 amide bonds. The summed E-state index contributed by atoms with van der Waals surface area (Å²) in [4.78, 5) is 26.3. The Bertz CT molecular complexity index is 712. The third kappa shape index (κ3) is 2.91. The highest BCUT2D eigenvalue weighted by Crippen LogP contribution is 2.28. The van der Waals surface area contributed by atoms with Crippen molar-refractivity contribution in [2.45, 2.75) is 18.9 Å². The Labute approximate surface area is 120 Å². The first-order chi connectivity index (χ1) is 10.1. The number of nitrogens with zero attached hydrogens (tertiary/aromatic N) is 2. The Balaban J connectivity index is 1.83. The minimum Gasteiger partial charge on any atom is -0.376 e. The Morgan fingerprint density at radius 1 is 1.38 bits per heavy atom. The van der Waals surface area contributed by atoms with Gasteiger partial charge < -0.3 is 10.6 Å². The molecule has 0 bridgehead atoms. The number of non-ortho nitro benzene ring substituents is 1. The zero-order valence-electron chi connectivity index (χ0n) is 11.2. The van der Waals surface area contributed by atoms with Crippen LogP contribution in [0.4, 0.5) is 11.4 Å². The molecule has 2 aromatic rings. The number of para-hydroxylation sites is 1. The number of rotatable bonds is 5. The zero-order valence-corrected chi connectivity index (χ0v) is 11.2. The third-order valence-corrected chi connectivity index (χ3v) is 3.33. The van der Waals surface area contributed by atoms with Crippen LogP contribution < -0.4 is 10.6 Å². The maximum Gasteiger partial charge on any atom is 0.295 e. The van der Waals surface area contributed by atoms with Crippen molar-refractivity contribution in [3.8, 4) is 0 Å². The van der Waals surface area contributed by atoms with Gasteiger partial charge in [-0.25, -0.2) is 4.98 Å². The second kappa shape index (κ2) is 5.35. The lowest BCUT2D eigenvalue weighted by Gasteiger charge is -2.09. The average molecular weight is 286 g/mol. The number of carbonyl (C=O) groups is 1. The Kier molecular flexibility index (Phi) is 3.39. The normalized spacial score (nSPS) is 13.9. The molecule has 0 atom stereocenters. The predicted molar refractivity (Wildman–Crippen MR) is 78.1 cm³/mol. The number of nitrogens with one attached hydrogen (secondary N) is 2. The molecule has 1 fully saturated rings. The van der Waals surface area contributed by atoms with Crippen molar-refractivity contribution in [2.75, 3.05) is 11.9 Å². The molecule has 21 heavy (non-hydrogen) atoms. The molecule has 0 unspecified atom stereocenters. The highest BCUT2D eigenvalue weighted by Gasteiger charge is 2.23. The summed E-state index contributed by atoms with van der Waals surface area (Å²) < 4.78 is 0. The van der Waals surface area contributed by atoms with Crippen LogP contribution in [0.5, 0.6) is 0 Å². The van der Waals surface area contributed by atoms with E-state index in [9.17, 15) is 14.9 Å². The highest BCUT2D eigenvalue weighted by molar-refractivity contribution is 5.97. The monoisotopic (exact) mass is 286 g/mol. The van der Waals surface area contributed by atoms with E-state index in [0.29, 0.717) is 22.6 Å². The molecule has 0 aliphatic heterocycles. The van der Waals surface area contributed by atoms with Crippen molar-refractivity contribution >= 4 is 28.2 Å². The largest absolute Gasteiger partial charge is 0.376 e. The van der Waals surface area contributed by atoms with Crippen LogP contribution in [0.3, 0.4) is 0 Å². The van der Waals surface area contributed by atoms with E-state index in [0.717, 1.165) is 12.8 Å². The molecule has 0 saturated heterocycles. The maximum absolute atomic E-state index is 11.7. The van der Waals surface area contributed by atoms with Gasteiger partial charge in [0.05, 0.1) is 11.5 Å². The molecule has 0 radical (unpaired) electrons. The summed E-state index contributed by atoms with van der Waals surface area (Å²) in [5, 5.41) is 17.5. The van der Waals surface area contributed by atoms with Gasteiger partial charge in [0.1, 0.15) is 5.52 Å². The molecule has 108 valence electrons. The number of amides is 1. The van der Waals surface area contributed by atoms with Gasteiger partial charge in [-0.15, -0.1) is 0 Å². The van der Waals surface area contributed by atoms with E-state index in [1.807, 2.05) is 0 Å². The van der Waals surface area contributed by atoms with Crippen LogP contribution in [0.1, 0.15) is 12.8 Å². The van der Waals surface area contributed by atoms with Crippen LogP contribution >= 0.6 is 0 Å². The van der Waals surface area contributed by atoms with Crippen LogP contribution in [0.25, 0.3) is 10.9 Å². The fraction of sp³-hybridized carbons (Fsp3) is 0.286. The molecular formula is C14H14N4O3. The smallest absolute Gasteiger partial charge is 0.295 e. The molecule has 7 nitrogen and oxygen atoms in total. The quantitative estimate of drug-likeness (QED) is 0.645. The number of hydrogen-bond acceptors (Lipinski definition) is 5. The van der Waals surface area contributed by atoms with Crippen molar-refractivity contribution in [1.82, 2.24) is 10.3 Å². The van der Waals surface area contributed by atoms with Crippen molar-refractivity contribution in [1.29, 1.82) is 0 Å². The van der Waals surface area contributed by atoms with Crippen LogP contribution in [-0.4, -0.2) is 28.4 Å². The van der Waals surface area contributed by atoms with E-state index in [2.05, 4.69) is 15.6 Å². The summed E-state index contributed by atoms with van der Waals surface area (Å²) >= 11 is 0. The number of hydrogen-bond donors (Lipinski definition) is 2. The zero-order chi connectivity index (χ0) is 14.8. The minimum absolute atomic E-state index is 0.0430. The first-order valence-electron chi connectivity index (χ1n) is 6.70. The van der Waals surface area contributed by atoms with Gasteiger partial charge in [-0.1, -0.05) is 12.1 Å². The Morgan fingerprint density at radius 2 is 2.19 bits per heavy atom. The third-order valence-electron chi connectivity index (χ3n) is 3.33. The molecule has 1 aliphatic carbocycles. The van der Waals surface area contributed by atoms with Crippen LogP contribution in [0, 0.1) is 10.1 Å². The number of nitro benzene ring substituents is 1. The Morgan fingerprint density at radius 3 is 2.90 bits per heavy atom. The van der Waals surface area contributed by atoms with Crippen molar-refractivity contribution in [3.05, 3.63) is 40.6 Å². The Hall–Kier alpha value is -2.70. The molecule has 3 rings (SSSR count). The first kappa shape index (κ1) is 13.3. The number of carbonyl (C=O) groups excluding carboxylic acids is 1. The molecule has 1 aromatic carbocycles. The second-order valence-corrected chi connectivity index (χ2v) is 4.98. The van der Waals surface area contributed by atoms with Gasteiger partial charge in [0.15, 0.2) is 0 Å². The van der Waals surface area contributed by atoms with Crippen molar-refractivity contribution in [3.63, 3.8) is 0 Å². The summed E-state index contributed by atoms with van der Waals surface area (Å²) in [6.45, 7) is 0.137. The van der Waals surface area contributed by atoms with E-state index in [1.165, 1.54) is 12.3 Å². The van der Waals surface area contributed by atoms with E-state index < -0.39 is 4.92 Å². The molecule has 1 heterocycles. The molecule has 7 heteroatoms. The van der Waals surface area contributed by atoms with Gasteiger partial charge in [0.2, 0.25) is 5.91 Å². The molecule has 1 saturated carbocycles. The van der Waals surface area contributed by atoms with Gasteiger partial charge in [-0.05, 0) is 18.9 Å². The molecule has 0 spiro atoms. The summed E-state index contributed by atoms with van der Waals surface area (Å²) in [6, 6.07) is 6.79. The summed E-state index contributed by atoms with van der Waals surface area (Å²) in [5.74, 6) is -0.0760. The van der Waals surface area contributed by atoms with Crippen LogP contribution in [-0.2, 0) is 4.79 Å². The van der Waals surface area contributed by atoms with Crippen molar-refractivity contribution < 1.29 is 9.72 Å². The molecular weight excluding hydrogens is 272 g/mol. The lowest BCUT2D eigenvalue weighted by atomic mass is 10.1. The number of pyridine rings is 1. The van der Waals surface area contributed by atoms with Gasteiger partial charge in [0.25, 0.3) is 5.69 Å². The summed E-state index contributed by atoms with van der Waals surface area (Å²) in [7, 11) is 0. The van der Waals surface area contributed by atoms with E-state index in [-0.39, 0.29) is 18.1 Å². The number of benzene rings is 1. The fourth-order valence-electron chi connectivity index (χ4n) is 2.14. The molecule has 1 aromatic heterocycles. The standard InChI is InChI=1S/C14H14N4O3/c19-13(17-9-4-5-9)8-16-11-6-7-15-14-10(11)2-1-3-12(14)18(20)21/h1-3,6-7,9H,4-5,8H2,(H,15,16)(H,17,19). The summed E-state index contributed by atoms with van der Waals surface area (Å²) in [5.41, 5.74) is 0.934. The molecule has 1 aliphatic rings. The van der Waals surface area contributed by atoms with Crippen LogP contribution in [0.15, 0.2) is 30.5 Å². The van der Waals surface area contributed by atoms with Crippen LogP contribution in [0.2, 0.25) is 0 Å². The van der Waals surface area contributed by atoms with Gasteiger partial charge in [-0.2, -0.15) is 0 Å². The second-order valence-electron chi connectivity index (χ2n) is 4.98. The highest BCUT2D eigenvalue weighted by atomic mass is 16.6. The lowest BCUT2D eigenvalue weighted by Crippen LogP contribution is -2.31. The minimum atomic E-state index is -0.459. The SMILES string of the molecule is O=C(CNc1ccnc2c([N+](=O)[O-])cccc12)NC1CC1. The van der Waals surface area contributed by atoms with Crippen molar-refractivity contribution in [2.24, 2.45) is 0 Å². The predicted octanol–water partition coefficient (Wildman–Crippen LogP) is 1.83. The molecule has 2 N–H and O–H groups in total. The fourth-order valence-corrected chi connectivity index (χ4v) is 2.14. The van der Waals surface area contributed by atoms with Gasteiger partial charge in [-0.3, -0.25) is 14.9 Å². The van der Waals surface area contributed by atoms with Gasteiger partial charge in [0, 0.05) is 29.4 Å². The number of aromatic nitrogens is 1. The first-order valence-corrected chi connectivity index (χ1v) is 6.70.